The molecule has 0 saturated carbocycles. The predicted molar refractivity (Wildman–Crippen MR) is 110 cm³/mol. The van der Waals surface area contributed by atoms with Gasteiger partial charge in [-0.15, -0.1) is 11.3 Å². The molecule has 4 nitrogen and oxygen atoms in total. The van der Waals surface area contributed by atoms with E-state index in [1.54, 1.807) is 17.5 Å². The first-order valence-corrected chi connectivity index (χ1v) is 9.89. The molecule has 0 aliphatic rings. The second kappa shape index (κ2) is 7.76. The van der Waals surface area contributed by atoms with Crippen molar-refractivity contribution < 1.29 is 4.79 Å². The van der Waals surface area contributed by atoms with E-state index in [-0.39, 0.29) is 5.91 Å². The maximum atomic E-state index is 12.8. The van der Waals surface area contributed by atoms with Crippen LogP contribution in [0.15, 0.2) is 66.2 Å². The maximum absolute atomic E-state index is 12.8. The van der Waals surface area contributed by atoms with Gasteiger partial charge < -0.3 is 9.88 Å². The SMILES string of the molecule is Cc1cccc(Cn2c(C(=O)NCCc3ccccn3)cc3sccc32)c1. The Morgan fingerprint density at radius 1 is 1.15 bits per heavy atom. The Labute approximate surface area is 162 Å². The molecule has 3 aromatic heterocycles. The van der Waals surface area contributed by atoms with E-state index in [0.29, 0.717) is 18.8 Å². The molecule has 0 atom stereocenters. The Hall–Kier alpha value is -2.92. The van der Waals surface area contributed by atoms with Gasteiger partial charge in [0, 0.05) is 31.4 Å². The van der Waals surface area contributed by atoms with Gasteiger partial charge in [0.25, 0.3) is 5.91 Å². The average molecular weight is 375 g/mol. The molecule has 0 unspecified atom stereocenters. The van der Waals surface area contributed by atoms with Gasteiger partial charge in [0.2, 0.25) is 0 Å². The molecule has 0 fully saturated rings. The molecule has 1 N–H and O–H groups in total. The summed E-state index contributed by atoms with van der Waals surface area (Å²) in [6.45, 7) is 3.34. The zero-order valence-electron chi connectivity index (χ0n) is 15.2. The third kappa shape index (κ3) is 3.93. The van der Waals surface area contributed by atoms with Crippen molar-refractivity contribution >= 4 is 27.5 Å². The normalized spacial score (nSPS) is 11.0. The molecule has 136 valence electrons. The van der Waals surface area contributed by atoms with Gasteiger partial charge in [0.15, 0.2) is 0 Å². The average Bonchev–Trinajstić information content (AvgIpc) is 3.25. The van der Waals surface area contributed by atoms with E-state index in [1.807, 2.05) is 24.3 Å². The highest BCUT2D eigenvalue weighted by atomic mass is 32.1. The van der Waals surface area contributed by atoms with E-state index in [0.717, 1.165) is 22.3 Å². The summed E-state index contributed by atoms with van der Waals surface area (Å²) < 4.78 is 3.24. The zero-order chi connectivity index (χ0) is 18.6. The number of aryl methyl sites for hydroxylation is 1. The number of nitrogens with zero attached hydrogens (tertiary/aromatic N) is 2. The number of pyridine rings is 1. The summed E-state index contributed by atoms with van der Waals surface area (Å²) in [4.78, 5) is 17.1. The molecule has 3 heterocycles. The van der Waals surface area contributed by atoms with Crippen molar-refractivity contribution in [1.82, 2.24) is 14.9 Å². The predicted octanol–water partition coefficient (Wildman–Crippen LogP) is 4.43. The van der Waals surface area contributed by atoms with Crippen LogP contribution in [0.3, 0.4) is 0 Å². The molecule has 0 aliphatic heterocycles. The first-order valence-electron chi connectivity index (χ1n) is 9.01. The summed E-state index contributed by atoms with van der Waals surface area (Å²) in [6.07, 6.45) is 2.50. The van der Waals surface area contributed by atoms with Crippen molar-refractivity contribution in [2.45, 2.75) is 19.9 Å². The van der Waals surface area contributed by atoms with Crippen molar-refractivity contribution in [2.24, 2.45) is 0 Å². The molecule has 0 bridgehead atoms. The number of aromatic nitrogens is 2. The van der Waals surface area contributed by atoms with Gasteiger partial charge >= 0.3 is 0 Å². The molecule has 1 amide bonds. The Bertz CT molecular complexity index is 1070. The Kier molecular flexibility index (Phi) is 5.03. The van der Waals surface area contributed by atoms with Crippen LogP contribution in [-0.4, -0.2) is 22.0 Å². The van der Waals surface area contributed by atoms with E-state index in [4.69, 9.17) is 0 Å². The minimum absolute atomic E-state index is 0.0398. The minimum atomic E-state index is -0.0398. The lowest BCUT2D eigenvalue weighted by Crippen LogP contribution is -2.28. The Balaban J connectivity index is 1.54. The largest absolute Gasteiger partial charge is 0.350 e. The summed E-state index contributed by atoms with van der Waals surface area (Å²) in [5.74, 6) is -0.0398. The second-order valence-corrected chi connectivity index (χ2v) is 7.55. The Morgan fingerprint density at radius 3 is 2.89 bits per heavy atom. The van der Waals surface area contributed by atoms with E-state index in [1.165, 1.54) is 11.1 Å². The maximum Gasteiger partial charge on any atom is 0.267 e. The first-order chi connectivity index (χ1) is 13.2. The highest BCUT2D eigenvalue weighted by Gasteiger charge is 2.16. The van der Waals surface area contributed by atoms with Crippen molar-refractivity contribution in [3.05, 3.63) is 88.7 Å². The number of benzene rings is 1. The fourth-order valence-electron chi connectivity index (χ4n) is 3.27. The van der Waals surface area contributed by atoms with Crippen LogP contribution in [0.1, 0.15) is 27.3 Å². The molecule has 4 aromatic rings. The molecule has 4 rings (SSSR count). The van der Waals surface area contributed by atoms with Gasteiger partial charge in [0.1, 0.15) is 5.69 Å². The van der Waals surface area contributed by atoms with Crippen molar-refractivity contribution in [1.29, 1.82) is 0 Å². The van der Waals surface area contributed by atoms with Crippen LogP contribution in [0.4, 0.5) is 0 Å². The number of carbonyl (C=O) groups excluding carboxylic acids is 1. The standard InChI is InChI=1S/C22H21N3OS/c1-16-5-4-6-17(13-16)15-25-19-9-12-27-21(19)14-20(25)22(26)24-11-8-18-7-2-3-10-23-18/h2-7,9-10,12-14H,8,11,15H2,1H3,(H,24,26). The summed E-state index contributed by atoms with van der Waals surface area (Å²) >= 11 is 1.66. The summed E-state index contributed by atoms with van der Waals surface area (Å²) in [5.41, 5.74) is 5.22. The molecule has 0 radical (unpaired) electrons. The van der Waals surface area contributed by atoms with E-state index in [2.05, 4.69) is 57.5 Å². The minimum Gasteiger partial charge on any atom is -0.350 e. The first kappa shape index (κ1) is 17.5. The number of nitrogens with one attached hydrogen (secondary N) is 1. The lowest BCUT2D eigenvalue weighted by Gasteiger charge is -2.11. The van der Waals surface area contributed by atoms with Crippen LogP contribution < -0.4 is 5.32 Å². The molecule has 5 heteroatoms. The highest BCUT2D eigenvalue weighted by molar-refractivity contribution is 7.17. The molecule has 0 saturated heterocycles. The molecular weight excluding hydrogens is 354 g/mol. The summed E-state index contributed by atoms with van der Waals surface area (Å²) in [7, 11) is 0. The van der Waals surface area contributed by atoms with E-state index >= 15 is 0 Å². The number of rotatable bonds is 6. The Morgan fingerprint density at radius 2 is 2.07 bits per heavy atom. The number of amides is 1. The third-order valence-corrected chi connectivity index (χ3v) is 5.42. The van der Waals surface area contributed by atoms with Crippen LogP contribution in [0, 0.1) is 6.92 Å². The lowest BCUT2D eigenvalue weighted by atomic mass is 10.1. The van der Waals surface area contributed by atoms with Gasteiger partial charge in [-0.25, -0.2) is 0 Å². The van der Waals surface area contributed by atoms with Gasteiger partial charge in [-0.2, -0.15) is 0 Å². The molecule has 1 aromatic carbocycles. The van der Waals surface area contributed by atoms with Crippen molar-refractivity contribution in [3.63, 3.8) is 0 Å². The van der Waals surface area contributed by atoms with Gasteiger partial charge in [-0.3, -0.25) is 9.78 Å². The number of fused-ring (bicyclic) bond motifs is 1. The molecule has 0 spiro atoms. The van der Waals surface area contributed by atoms with Crippen LogP contribution in [0.25, 0.3) is 10.2 Å². The second-order valence-electron chi connectivity index (χ2n) is 6.60. The quantitative estimate of drug-likeness (QED) is 0.542. The van der Waals surface area contributed by atoms with Gasteiger partial charge in [-0.05, 0) is 42.1 Å². The summed E-state index contributed by atoms with van der Waals surface area (Å²) in [6, 6.07) is 18.3. The number of hydrogen-bond acceptors (Lipinski definition) is 3. The van der Waals surface area contributed by atoms with E-state index in [9.17, 15) is 4.79 Å². The number of hydrogen-bond donors (Lipinski definition) is 1. The smallest absolute Gasteiger partial charge is 0.267 e. The van der Waals surface area contributed by atoms with Crippen LogP contribution in [0.2, 0.25) is 0 Å². The van der Waals surface area contributed by atoms with Crippen LogP contribution >= 0.6 is 11.3 Å². The fraction of sp³-hybridized carbons (Fsp3) is 0.182. The summed E-state index contributed by atoms with van der Waals surface area (Å²) in [5, 5.41) is 5.11. The number of thiophene rings is 1. The lowest BCUT2D eigenvalue weighted by molar-refractivity contribution is 0.0945. The van der Waals surface area contributed by atoms with Gasteiger partial charge in [0.05, 0.1) is 10.2 Å². The van der Waals surface area contributed by atoms with E-state index < -0.39 is 0 Å². The fourth-order valence-corrected chi connectivity index (χ4v) is 4.09. The van der Waals surface area contributed by atoms with Gasteiger partial charge in [-0.1, -0.05) is 35.9 Å². The third-order valence-electron chi connectivity index (χ3n) is 4.57. The molecular formula is C22H21N3OS. The monoisotopic (exact) mass is 375 g/mol. The highest BCUT2D eigenvalue weighted by Crippen LogP contribution is 2.26. The van der Waals surface area contributed by atoms with Crippen molar-refractivity contribution in [2.75, 3.05) is 6.54 Å². The van der Waals surface area contributed by atoms with Crippen LogP contribution in [-0.2, 0) is 13.0 Å². The number of carbonyl (C=O) groups is 1. The topological polar surface area (TPSA) is 46.9 Å². The molecule has 27 heavy (non-hydrogen) atoms. The van der Waals surface area contributed by atoms with Crippen LogP contribution in [0.5, 0.6) is 0 Å². The van der Waals surface area contributed by atoms with Crippen molar-refractivity contribution in [3.8, 4) is 0 Å². The molecule has 0 aliphatic carbocycles. The zero-order valence-corrected chi connectivity index (χ0v) is 16.0.